The Morgan fingerprint density at radius 1 is 1.08 bits per heavy atom. The molecule has 0 saturated carbocycles. The van der Waals surface area contributed by atoms with Gasteiger partial charge in [0, 0.05) is 4.47 Å². The zero-order valence-corrected chi connectivity index (χ0v) is 15.5. The molecule has 0 spiro atoms. The second kappa shape index (κ2) is 6.82. The molecule has 0 N–H and O–H groups in total. The Morgan fingerprint density at radius 3 is 2.64 bits per heavy atom. The van der Waals surface area contributed by atoms with Crippen molar-refractivity contribution in [2.75, 3.05) is 4.90 Å². The first kappa shape index (κ1) is 16.1. The van der Waals surface area contributed by atoms with Gasteiger partial charge in [0.25, 0.3) is 5.91 Å². The van der Waals surface area contributed by atoms with Crippen molar-refractivity contribution in [3.63, 3.8) is 0 Å². The summed E-state index contributed by atoms with van der Waals surface area (Å²) < 4.78 is 7.25. The highest BCUT2D eigenvalue weighted by molar-refractivity contribution is 9.10. The van der Waals surface area contributed by atoms with Crippen molar-refractivity contribution in [1.82, 2.24) is 4.98 Å². The normalized spacial score (nSPS) is 10.9. The maximum atomic E-state index is 13.2. The minimum Gasteiger partial charge on any atom is -0.467 e. The van der Waals surface area contributed by atoms with E-state index >= 15 is 0 Å². The lowest BCUT2D eigenvalue weighted by Gasteiger charge is -2.19. The number of aromatic nitrogens is 1. The molecule has 124 valence electrons. The van der Waals surface area contributed by atoms with Crippen molar-refractivity contribution in [2.45, 2.75) is 6.54 Å². The third-order valence-corrected chi connectivity index (χ3v) is 5.51. The van der Waals surface area contributed by atoms with Crippen LogP contribution in [0.5, 0.6) is 0 Å². The van der Waals surface area contributed by atoms with Gasteiger partial charge in [-0.15, -0.1) is 0 Å². The highest BCUT2D eigenvalue weighted by Gasteiger charge is 2.24. The lowest BCUT2D eigenvalue weighted by atomic mass is 10.2. The number of carbonyl (C=O) groups is 1. The van der Waals surface area contributed by atoms with E-state index in [4.69, 9.17) is 4.42 Å². The maximum absolute atomic E-state index is 13.2. The van der Waals surface area contributed by atoms with Crippen molar-refractivity contribution in [1.29, 1.82) is 0 Å². The Morgan fingerprint density at radius 2 is 1.88 bits per heavy atom. The first-order valence-electron chi connectivity index (χ1n) is 7.67. The molecule has 0 saturated heterocycles. The molecule has 0 bridgehead atoms. The smallest absolute Gasteiger partial charge is 0.261 e. The summed E-state index contributed by atoms with van der Waals surface area (Å²) in [5, 5.41) is 0.651. The molecule has 4 rings (SSSR count). The molecular weight excluding hydrogens is 400 g/mol. The first-order valence-corrected chi connectivity index (χ1v) is 9.27. The highest BCUT2D eigenvalue weighted by Crippen LogP contribution is 2.31. The number of amides is 1. The van der Waals surface area contributed by atoms with E-state index in [0.29, 0.717) is 23.0 Å². The van der Waals surface area contributed by atoms with Gasteiger partial charge in [-0.05, 0) is 52.3 Å². The van der Waals surface area contributed by atoms with Gasteiger partial charge in [-0.25, -0.2) is 4.98 Å². The molecule has 1 amide bonds. The lowest BCUT2D eigenvalue weighted by Crippen LogP contribution is -2.30. The summed E-state index contributed by atoms with van der Waals surface area (Å²) in [7, 11) is 0. The average Bonchev–Trinajstić information content (AvgIpc) is 3.28. The van der Waals surface area contributed by atoms with Gasteiger partial charge in [0.1, 0.15) is 5.76 Å². The van der Waals surface area contributed by atoms with Crippen LogP contribution in [-0.4, -0.2) is 10.9 Å². The second-order valence-corrected chi connectivity index (χ2v) is 7.28. The van der Waals surface area contributed by atoms with Gasteiger partial charge in [0.2, 0.25) is 0 Å². The number of para-hydroxylation sites is 1. The number of nitrogens with zero attached hydrogens (tertiary/aromatic N) is 2. The van der Waals surface area contributed by atoms with Crippen molar-refractivity contribution >= 4 is 48.5 Å². The third kappa shape index (κ3) is 3.23. The Balaban J connectivity index is 1.78. The summed E-state index contributed by atoms with van der Waals surface area (Å²) in [6, 6.07) is 18.9. The molecular formula is C19H13BrN2O2S. The predicted molar refractivity (Wildman–Crippen MR) is 103 cm³/mol. The standard InChI is InChI=1S/C19H13BrN2O2S/c20-15-8-2-1-7-14(15)18(23)22(12-13-6-5-11-24-13)19-21-16-9-3-4-10-17(16)25-19/h1-11H,12H2. The SMILES string of the molecule is O=C(c1ccccc1Br)N(Cc1ccco1)c1nc2ccccc2s1. The molecule has 0 atom stereocenters. The van der Waals surface area contributed by atoms with Gasteiger partial charge in [-0.1, -0.05) is 35.6 Å². The van der Waals surface area contributed by atoms with Gasteiger partial charge in [0.15, 0.2) is 5.13 Å². The molecule has 0 aliphatic heterocycles. The van der Waals surface area contributed by atoms with E-state index in [9.17, 15) is 4.79 Å². The van der Waals surface area contributed by atoms with Gasteiger partial charge < -0.3 is 4.42 Å². The summed E-state index contributed by atoms with van der Waals surface area (Å²) in [4.78, 5) is 19.5. The minimum atomic E-state index is -0.122. The minimum absolute atomic E-state index is 0.122. The summed E-state index contributed by atoms with van der Waals surface area (Å²) in [5.41, 5.74) is 1.47. The first-order chi connectivity index (χ1) is 12.2. The summed E-state index contributed by atoms with van der Waals surface area (Å²) in [6.45, 7) is 0.326. The molecule has 6 heteroatoms. The van der Waals surface area contributed by atoms with Crippen LogP contribution in [0, 0.1) is 0 Å². The number of benzene rings is 2. The molecule has 4 aromatic rings. The topological polar surface area (TPSA) is 46.3 Å². The predicted octanol–water partition coefficient (Wildman–Crippen LogP) is 5.50. The van der Waals surface area contributed by atoms with Crippen LogP contribution in [0.25, 0.3) is 10.2 Å². The molecule has 4 nitrogen and oxygen atoms in total. The Labute approximate surface area is 156 Å². The van der Waals surface area contributed by atoms with E-state index in [1.54, 1.807) is 17.2 Å². The molecule has 0 unspecified atom stereocenters. The maximum Gasteiger partial charge on any atom is 0.261 e. The van der Waals surface area contributed by atoms with Crippen LogP contribution in [-0.2, 0) is 6.54 Å². The van der Waals surface area contributed by atoms with Crippen LogP contribution in [0.15, 0.2) is 75.8 Å². The summed E-state index contributed by atoms with van der Waals surface area (Å²) in [5.74, 6) is 0.586. The zero-order valence-electron chi connectivity index (χ0n) is 13.1. The van der Waals surface area contributed by atoms with Crippen LogP contribution in [0.3, 0.4) is 0 Å². The van der Waals surface area contributed by atoms with Crippen LogP contribution < -0.4 is 4.90 Å². The highest BCUT2D eigenvalue weighted by atomic mass is 79.9. The van der Waals surface area contributed by atoms with Gasteiger partial charge in [-0.3, -0.25) is 9.69 Å². The zero-order chi connectivity index (χ0) is 17.2. The van der Waals surface area contributed by atoms with Crippen LogP contribution in [0.4, 0.5) is 5.13 Å². The van der Waals surface area contributed by atoms with Gasteiger partial charge in [0.05, 0.1) is 28.6 Å². The second-order valence-electron chi connectivity index (χ2n) is 5.41. The largest absolute Gasteiger partial charge is 0.467 e. The van der Waals surface area contributed by atoms with E-state index < -0.39 is 0 Å². The lowest BCUT2D eigenvalue weighted by molar-refractivity contribution is 0.0982. The number of furan rings is 1. The monoisotopic (exact) mass is 412 g/mol. The Bertz CT molecular complexity index is 994. The molecule has 2 aromatic heterocycles. The number of carbonyl (C=O) groups excluding carboxylic acids is 1. The molecule has 2 aromatic carbocycles. The van der Waals surface area contributed by atoms with Crippen molar-refractivity contribution < 1.29 is 9.21 Å². The van der Waals surface area contributed by atoms with E-state index in [0.717, 1.165) is 14.7 Å². The fourth-order valence-electron chi connectivity index (χ4n) is 2.54. The van der Waals surface area contributed by atoms with Crippen LogP contribution in [0.1, 0.15) is 16.1 Å². The number of halogens is 1. The van der Waals surface area contributed by atoms with E-state index in [1.165, 1.54) is 11.3 Å². The number of anilines is 1. The third-order valence-electron chi connectivity index (χ3n) is 3.76. The Kier molecular flexibility index (Phi) is 4.38. The molecule has 25 heavy (non-hydrogen) atoms. The molecule has 0 aliphatic rings. The van der Waals surface area contributed by atoms with Crippen LogP contribution in [0.2, 0.25) is 0 Å². The van der Waals surface area contributed by atoms with E-state index in [2.05, 4.69) is 20.9 Å². The molecule has 0 fully saturated rings. The van der Waals surface area contributed by atoms with Gasteiger partial charge >= 0.3 is 0 Å². The number of thiazole rings is 1. The van der Waals surface area contributed by atoms with Gasteiger partial charge in [-0.2, -0.15) is 0 Å². The number of hydrogen-bond acceptors (Lipinski definition) is 4. The quantitative estimate of drug-likeness (QED) is 0.444. The molecule has 0 aliphatic carbocycles. The summed E-state index contributed by atoms with van der Waals surface area (Å²) in [6.07, 6.45) is 1.61. The van der Waals surface area contributed by atoms with Crippen molar-refractivity contribution in [3.8, 4) is 0 Å². The molecule has 0 radical (unpaired) electrons. The fourth-order valence-corrected chi connectivity index (χ4v) is 3.96. The molecule has 2 heterocycles. The van der Waals surface area contributed by atoms with Crippen molar-refractivity contribution in [2.24, 2.45) is 0 Å². The van der Waals surface area contributed by atoms with Crippen LogP contribution >= 0.6 is 27.3 Å². The van der Waals surface area contributed by atoms with E-state index in [-0.39, 0.29) is 5.91 Å². The number of hydrogen-bond donors (Lipinski definition) is 0. The Hall–Kier alpha value is -2.44. The summed E-state index contributed by atoms with van der Waals surface area (Å²) >= 11 is 4.96. The number of rotatable bonds is 4. The fraction of sp³-hybridized carbons (Fsp3) is 0.0526. The number of fused-ring (bicyclic) bond motifs is 1. The van der Waals surface area contributed by atoms with E-state index in [1.807, 2.05) is 54.6 Å². The van der Waals surface area contributed by atoms with Crippen molar-refractivity contribution in [3.05, 3.63) is 82.7 Å². The average molecular weight is 413 g/mol.